The Morgan fingerprint density at radius 1 is 0.941 bits per heavy atom. The van der Waals surface area contributed by atoms with E-state index in [0.29, 0.717) is 0 Å². The fourth-order valence-corrected chi connectivity index (χ4v) is 4.69. The number of hydrogen-bond acceptors (Lipinski definition) is 2. The quantitative estimate of drug-likeness (QED) is 0.738. The molecule has 2 saturated carbocycles. The van der Waals surface area contributed by atoms with Gasteiger partial charge in [0, 0.05) is 11.3 Å². The minimum absolute atomic E-state index is 0.822. The van der Waals surface area contributed by atoms with Crippen molar-refractivity contribution >= 4 is 11.8 Å². The Bertz CT molecular complexity index is 199. The average molecular weight is 255 g/mol. The predicted molar refractivity (Wildman–Crippen MR) is 78.8 cm³/mol. The van der Waals surface area contributed by atoms with Crippen molar-refractivity contribution in [3.63, 3.8) is 0 Å². The molecule has 1 nitrogen and oxygen atoms in total. The van der Waals surface area contributed by atoms with Crippen molar-refractivity contribution in [1.82, 2.24) is 5.32 Å². The van der Waals surface area contributed by atoms with Crippen LogP contribution in [-0.4, -0.2) is 23.6 Å². The van der Waals surface area contributed by atoms with Gasteiger partial charge in [0.05, 0.1) is 0 Å². The first-order valence-corrected chi connectivity index (χ1v) is 8.80. The summed E-state index contributed by atoms with van der Waals surface area (Å²) in [6, 6.07) is 0.822. The molecule has 0 bridgehead atoms. The SMILES string of the molecule is CCSC1CCCC1NCC1CCCCCC1. The Hall–Kier alpha value is 0.310. The average Bonchev–Trinajstić information content (AvgIpc) is 2.63. The van der Waals surface area contributed by atoms with Crippen molar-refractivity contribution in [1.29, 1.82) is 0 Å². The van der Waals surface area contributed by atoms with Crippen LogP contribution in [-0.2, 0) is 0 Å². The number of hydrogen-bond donors (Lipinski definition) is 1. The fourth-order valence-electron chi connectivity index (χ4n) is 3.46. The van der Waals surface area contributed by atoms with Crippen molar-refractivity contribution in [2.24, 2.45) is 5.92 Å². The van der Waals surface area contributed by atoms with Crippen molar-refractivity contribution in [3.05, 3.63) is 0 Å². The maximum atomic E-state index is 3.89. The molecule has 2 unspecified atom stereocenters. The zero-order valence-electron chi connectivity index (χ0n) is 11.4. The Morgan fingerprint density at radius 2 is 1.71 bits per heavy atom. The van der Waals surface area contributed by atoms with Gasteiger partial charge in [-0.3, -0.25) is 0 Å². The van der Waals surface area contributed by atoms with Gasteiger partial charge >= 0.3 is 0 Å². The molecule has 0 aromatic heterocycles. The lowest BCUT2D eigenvalue weighted by Crippen LogP contribution is -2.37. The molecular formula is C15H29NS. The van der Waals surface area contributed by atoms with E-state index >= 15 is 0 Å². The van der Waals surface area contributed by atoms with Gasteiger partial charge in [0.15, 0.2) is 0 Å². The fraction of sp³-hybridized carbons (Fsp3) is 1.00. The van der Waals surface area contributed by atoms with Crippen molar-refractivity contribution in [3.8, 4) is 0 Å². The Kier molecular flexibility index (Phi) is 6.21. The maximum absolute atomic E-state index is 3.89. The van der Waals surface area contributed by atoms with Crippen LogP contribution in [0.2, 0.25) is 0 Å². The van der Waals surface area contributed by atoms with Crippen molar-refractivity contribution in [2.75, 3.05) is 12.3 Å². The Balaban J connectivity index is 1.69. The number of nitrogens with one attached hydrogen (secondary N) is 1. The highest BCUT2D eigenvalue weighted by atomic mass is 32.2. The summed E-state index contributed by atoms with van der Waals surface area (Å²) in [4.78, 5) is 0. The summed E-state index contributed by atoms with van der Waals surface area (Å²) >= 11 is 2.18. The molecule has 100 valence electrons. The number of thioether (sulfide) groups is 1. The molecule has 2 fully saturated rings. The zero-order chi connectivity index (χ0) is 11.9. The van der Waals surface area contributed by atoms with Crippen molar-refractivity contribution in [2.45, 2.75) is 76.0 Å². The van der Waals surface area contributed by atoms with Gasteiger partial charge < -0.3 is 5.32 Å². The third-order valence-corrected chi connectivity index (χ3v) is 5.80. The summed E-state index contributed by atoms with van der Waals surface area (Å²) in [6.07, 6.45) is 13.2. The van der Waals surface area contributed by atoms with E-state index in [2.05, 4.69) is 24.0 Å². The molecule has 0 aliphatic heterocycles. The van der Waals surface area contributed by atoms with E-state index in [-0.39, 0.29) is 0 Å². The van der Waals surface area contributed by atoms with Gasteiger partial charge in [-0.05, 0) is 43.9 Å². The smallest absolute Gasteiger partial charge is 0.0201 e. The first-order chi connectivity index (χ1) is 8.40. The summed E-state index contributed by atoms with van der Waals surface area (Å²) < 4.78 is 0. The van der Waals surface area contributed by atoms with E-state index < -0.39 is 0 Å². The van der Waals surface area contributed by atoms with Crippen LogP contribution >= 0.6 is 11.8 Å². The molecule has 2 atom stereocenters. The van der Waals surface area contributed by atoms with Gasteiger partial charge in [-0.2, -0.15) is 11.8 Å². The van der Waals surface area contributed by atoms with Crippen LogP contribution in [0, 0.1) is 5.92 Å². The van der Waals surface area contributed by atoms with Crippen LogP contribution < -0.4 is 5.32 Å². The number of rotatable bonds is 5. The third kappa shape index (κ3) is 4.48. The lowest BCUT2D eigenvalue weighted by atomic mass is 10.00. The molecule has 0 spiro atoms. The normalized spacial score (nSPS) is 31.6. The van der Waals surface area contributed by atoms with E-state index in [1.54, 1.807) is 0 Å². The Morgan fingerprint density at radius 3 is 2.41 bits per heavy atom. The monoisotopic (exact) mass is 255 g/mol. The highest BCUT2D eigenvalue weighted by Crippen LogP contribution is 2.30. The molecule has 0 amide bonds. The molecule has 2 aliphatic rings. The first-order valence-electron chi connectivity index (χ1n) is 7.75. The first kappa shape index (κ1) is 13.7. The summed E-state index contributed by atoms with van der Waals surface area (Å²) in [7, 11) is 0. The second-order valence-electron chi connectivity index (χ2n) is 5.80. The molecule has 0 saturated heterocycles. The van der Waals surface area contributed by atoms with Crippen LogP contribution in [0.25, 0.3) is 0 Å². The van der Waals surface area contributed by atoms with Crippen LogP contribution in [0.4, 0.5) is 0 Å². The van der Waals surface area contributed by atoms with Gasteiger partial charge in [-0.1, -0.05) is 39.0 Å². The standard InChI is InChI=1S/C15H29NS/c1-2-17-15-11-7-10-14(15)16-12-13-8-5-3-4-6-9-13/h13-16H,2-12H2,1H3. The lowest BCUT2D eigenvalue weighted by Gasteiger charge is -2.23. The summed E-state index contributed by atoms with van der Waals surface area (Å²) in [5.74, 6) is 2.26. The van der Waals surface area contributed by atoms with Crippen LogP contribution in [0.3, 0.4) is 0 Å². The highest BCUT2D eigenvalue weighted by molar-refractivity contribution is 7.99. The molecule has 0 aromatic carbocycles. The van der Waals surface area contributed by atoms with Gasteiger partial charge in [0.1, 0.15) is 0 Å². The topological polar surface area (TPSA) is 12.0 Å². The molecule has 1 N–H and O–H groups in total. The van der Waals surface area contributed by atoms with Gasteiger partial charge in [-0.15, -0.1) is 0 Å². The molecule has 0 heterocycles. The lowest BCUT2D eigenvalue weighted by molar-refractivity contribution is 0.394. The van der Waals surface area contributed by atoms with Gasteiger partial charge in [0.2, 0.25) is 0 Å². The van der Waals surface area contributed by atoms with E-state index in [1.807, 2.05) is 0 Å². The second-order valence-corrected chi connectivity index (χ2v) is 7.31. The molecule has 2 rings (SSSR count). The van der Waals surface area contributed by atoms with E-state index in [1.165, 1.54) is 70.1 Å². The molecule has 2 aliphatic carbocycles. The van der Waals surface area contributed by atoms with Gasteiger partial charge in [0.25, 0.3) is 0 Å². The van der Waals surface area contributed by atoms with Crippen molar-refractivity contribution < 1.29 is 0 Å². The van der Waals surface area contributed by atoms with E-state index in [4.69, 9.17) is 0 Å². The van der Waals surface area contributed by atoms with E-state index in [0.717, 1.165) is 17.2 Å². The Labute approximate surface area is 112 Å². The summed E-state index contributed by atoms with van der Waals surface area (Å²) in [5, 5.41) is 4.80. The minimum atomic E-state index is 0.822. The predicted octanol–water partition coefficient (Wildman–Crippen LogP) is 4.22. The van der Waals surface area contributed by atoms with Crippen LogP contribution in [0.5, 0.6) is 0 Å². The minimum Gasteiger partial charge on any atom is -0.313 e. The molecule has 0 aromatic rings. The van der Waals surface area contributed by atoms with Gasteiger partial charge in [-0.25, -0.2) is 0 Å². The maximum Gasteiger partial charge on any atom is 0.0201 e. The summed E-state index contributed by atoms with van der Waals surface area (Å²) in [5.41, 5.74) is 0. The molecule has 17 heavy (non-hydrogen) atoms. The third-order valence-electron chi connectivity index (χ3n) is 4.48. The molecule has 2 heteroatoms. The second kappa shape index (κ2) is 7.68. The van der Waals surface area contributed by atoms with Crippen LogP contribution in [0.15, 0.2) is 0 Å². The molecular weight excluding hydrogens is 226 g/mol. The highest BCUT2D eigenvalue weighted by Gasteiger charge is 2.27. The summed E-state index contributed by atoms with van der Waals surface area (Å²) in [6.45, 7) is 3.59. The molecule has 0 radical (unpaired) electrons. The largest absolute Gasteiger partial charge is 0.313 e. The van der Waals surface area contributed by atoms with E-state index in [9.17, 15) is 0 Å². The van der Waals surface area contributed by atoms with Crippen LogP contribution in [0.1, 0.15) is 64.7 Å². The zero-order valence-corrected chi connectivity index (χ0v) is 12.2.